The fourth-order valence-corrected chi connectivity index (χ4v) is 1.15. The Kier molecular flexibility index (Phi) is 2.38. The van der Waals surface area contributed by atoms with Crippen molar-refractivity contribution in [3.63, 3.8) is 0 Å². The van der Waals surface area contributed by atoms with Gasteiger partial charge in [-0.2, -0.15) is 5.53 Å². The molecule has 1 heterocycles. The average molecular weight is 157 g/mol. The van der Waals surface area contributed by atoms with Gasteiger partial charge in [0.15, 0.2) is 0 Å². The van der Waals surface area contributed by atoms with E-state index in [1.54, 1.807) is 12.1 Å². The van der Waals surface area contributed by atoms with Crippen molar-refractivity contribution in [3.8, 4) is 0 Å². The largest absolute Gasteiger partial charge is 0.276 e. The average Bonchev–Trinajstić information content (AvgIpc) is 2.38. The first-order valence-electron chi connectivity index (χ1n) is 2.64. The molecule has 0 saturated heterocycles. The molecule has 0 aromatic carbocycles. The van der Waals surface area contributed by atoms with Crippen molar-refractivity contribution in [2.24, 2.45) is 5.84 Å². The van der Waals surface area contributed by atoms with E-state index in [1.807, 2.05) is 5.38 Å². The Balaban J connectivity index is 2.59. The Hall–Kier alpha value is -0.910. The van der Waals surface area contributed by atoms with Crippen LogP contribution in [0.3, 0.4) is 0 Å². The minimum atomic E-state index is -0.211. The van der Waals surface area contributed by atoms with Gasteiger partial charge in [0.05, 0.1) is 4.88 Å². The maximum absolute atomic E-state index is 10.9. The first-order valence-corrected chi connectivity index (χ1v) is 3.52. The normalized spacial score (nSPS) is 9.30. The molecular weight excluding hydrogens is 150 g/mol. The predicted molar refractivity (Wildman–Crippen MR) is 39.1 cm³/mol. The molecule has 0 aliphatic rings. The van der Waals surface area contributed by atoms with Crippen molar-refractivity contribution in [3.05, 3.63) is 22.4 Å². The van der Waals surface area contributed by atoms with Crippen molar-refractivity contribution in [2.75, 3.05) is 0 Å². The monoisotopic (exact) mass is 157 g/mol. The topological polar surface area (TPSA) is 67.2 Å². The molecule has 0 bridgehead atoms. The van der Waals surface area contributed by atoms with E-state index in [-0.39, 0.29) is 5.91 Å². The molecule has 4 nitrogen and oxygen atoms in total. The Labute approximate surface area is 62.0 Å². The van der Waals surface area contributed by atoms with Crippen LogP contribution >= 0.6 is 11.3 Å². The number of rotatable bonds is 2. The summed E-state index contributed by atoms with van der Waals surface area (Å²) in [5, 5.41) is 1.82. The zero-order valence-electron chi connectivity index (χ0n) is 5.13. The fraction of sp³-hybridized carbons (Fsp3) is 0. The Morgan fingerprint density at radius 1 is 1.70 bits per heavy atom. The van der Waals surface area contributed by atoms with Gasteiger partial charge < -0.3 is 0 Å². The van der Waals surface area contributed by atoms with E-state index in [1.165, 1.54) is 11.3 Å². The molecule has 0 atom stereocenters. The molecule has 5 heteroatoms. The number of carbonyl (C=O) groups is 1. The molecule has 1 amide bonds. The van der Waals surface area contributed by atoms with E-state index in [4.69, 9.17) is 5.84 Å². The van der Waals surface area contributed by atoms with Gasteiger partial charge in [0.2, 0.25) is 0 Å². The second kappa shape index (κ2) is 3.31. The third-order valence-electron chi connectivity index (χ3n) is 0.931. The maximum atomic E-state index is 10.9. The molecule has 0 aliphatic heterocycles. The van der Waals surface area contributed by atoms with Gasteiger partial charge in [-0.3, -0.25) is 16.1 Å². The number of nitrogens with one attached hydrogen (secondary N) is 2. The first kappa shape index (κ1) is 7.20. The van der Waals surface area contributed by atoms with E-state index in [0.717, 1.165) is 0 Å². The van der Waals surface area contributed by atoms with Gasteiger partial charge in [-0.25, -0.2) is 0 Å². The summed E-state index contributed by atoms with van der Waals surface area (Å²) in [5.74, 6) is 4.65. The minimum absolute atomic E-state index is 0.211. The van der Waals surface area contributed by atoms with Crippen LogP contribution < -0.4 is 16.8 Å². The molecule has 1 rings (SSSR count). The highest BCUT2D eigenvalue weighted by Gasteiger charge is 2.02. The summed E-state index contributed by atoms with van der Waals surface area (Å²) in [5.41, 5.74) is 4.31. The summed E-state index contributed by atoms with van der Waals surface area (Å²) >= 11 is 1.36. The molecule has 0 fully saturated rings. The summed E-state index contributed by atoms with van der Waals surface area (Å²) in [6, 6.07) is 3.52. The van der Waals surface area contributed by atoms with Crippen LogP contribution in [-0.2, 0) is 0 Å². The molecule has 0 aliphatic carbocycles. The molecular formula is C5H7N3OS. The summed E-state index contributed by atoms with van der Waals surface area (Å²) in [6.07, 6.45) is 0. The molecule has 10 heavy (non-hydrogen) atoms. The van der Waals surface area contributed by atoms with Crippen LogP contribution in [0.25, 0.3) is 0 Å². The second-order valence-corrected chi connectivity index (χ2v) is 2.52. The number of nitrogens with two attached hydrogens (primary N) is 1. The minimum Gasteiger partial charge on any atom is -0.273 e. The van der Waals surface area contributed by atoms with Crippen molar-refractivity contribution in [2.45, 2.75) is 0 Å². The molecule has 1 aromatic rings. The van der Waals surface area contributed by atoms with Gasteiger partial charge in [0.1, 0.15) is 0 Å². The maximum Gasteiger partial charge on any atom is 0.276 e. The van der Waals surface area contributed by atoms with Gasteiger partial charge in [-0.1, -0.05) is 6.07 Å². The van der Waals surface area contributed by atoms with Gasteiger partial charge in [-0.05, 0) is 11.4 Å². The summed E-state index contributed by atoms with van der Waals surface area (Å²) in [4.78, 5) is 11.5. The zero-order chi connectivity index (χ0) is 7.40. The lowest BCUT2D eigenvalue weighted by Gasteiger charge is -1.97. The molecule has 4 N–H and O–H groups in total. The van der Waals surface area contributed by atoms with Gasteiger partial charge in [0.25, 0.3) is 5.91 Å². The number of hydrogen-bond acceptors (Lipinski definition) is 4. The quantitative estimate of drug-likeness (QED) is 0.413. The molecule has 0 saturated carbocycles. The highest BCUT2D eigenvalue weighted by atomic mass is 32.1. The Morgan fingerprint density at radius 2 is 2.50 bits per heavy atom. The predicted octanol–water partition coefficient (Wildman–Crippen LogP) is -0.144. The van der Waals surface area contributed by atoms with Crippen LogP contribution in [-0.4, -0.2) is 5.91 Å². The molecule has 0 radical (unpaired) electrons. The standard InChI is InChI=1S/C5H7N3OS/c6-8-7-5(9)4-2-1-3-10-4/h1-3,8H,6H2,(H,7,9). The number of amides is 1. The first-order chi connectivity index (χ1) is 4.84. The summed E-state index contributed by atoms with van der Waals surface area (Å²) in [6.45, 7) is 0. The number of thiophene rings is 1. The van der Waals surface area contributed by atoms with E-state index in [9.17, 15) is 4.79 Å². The molecule has 54 valence electrons. The van der Waals surface area contributed by atoms with Crippen LogP contribution in [0.4, 0.5) is 0 Å². The smallest absolute Gasteiger partial charge is 0.273 e. The fourth-order valence-electron chi connectivity index (χ4n) is 0.535. The van der Waals surface area contributed by atoms with Crippen LogP contribution in [0.15, 0.2) is 17.5 Å². The van der Waals surface area contributed by atoms with E-state index < -0.39 is 0 Å². The molecule has 0 spiro atoms. The van der Waals surface area contributed by atoms with Crippen molar-refractivity contribution in [1.29, 1.82) is 0 Å². The van der Waals surface area contributed by atoms with Crippen LogP contribution in [0.5, 0.6) is 0 Å². The number of carbonyl (C=O) groups excluding carboxylic acids is 1. The lowest BCUT2D eigenvalue weighted by atomic mass is 10.5. The Morgan fingerprint density at radius 3 is 3.00 bits per heavy atom. The lowest BCUT2D eigenvalue weighted by Crippen LogP contribution is -2.41. The highest BCUT2D eigenvalue weighted by molar-refractivity contribution is 7.12. The number of hydrogen-bond donors (Lipinski definition) is 3. The van der Waals surface area contributed by atoms with Gasteiger partial charge >= 0.3 is 0 Å². The third kappa shape index (κ3) is 1.53. The van der Waals surface area contributed by atoms with Crippen LogP contribution in [0, 0.1) is 0 Å². The second-order valence-electron chi connectivity index (χ2n) is 1.58. The van der Waals surface area contributed by atoms with E-state index >= 15 is 0 Å². The van der Waals surface area contributed by atoms with E-state index in [0.29, 0.717) is 4.88 Å². The van der Waals surface area contributed by atoms with E-state index in [2.05, 4.69) is 11.0 Å². The van der Waals surface area contributed by atoms with Crippen LogP contribution in [0.1, 0.15) is 9.67 Å². The molecule has 1 aromatic heterocycles. The highest BCUT2D eigenvalue weighted by Crippen LogP contribution is 2.06. The zero-order valence-corrected chi connectivity index (χ0v) is 5.94. The van der Waals surface area contributed by atoms with Crippen molar-refractivity contribution < 1.29 is 4.79 Å². The SMILES string of the molecule is NNNC(=O)c1cccs1. The van der Waals surface area contributed by atoms with Crippen molar-refractivity contribution >= 4 is 17.2 Å². The Bertz CT molecular complexity index is 209. The van der Waals surface area contributed by atoms with Gasteiger partial charge in [-0.15, -0.1) is 11.3 Å². The van der Waals surface area contributed by atoms with Crippen LogP contribution in [0.2, 0.25) is 0 Å². The lowest BCUT2D eigenvalue weighted by molar-refractivity contribution is 0.0938. The summed E-state index contributed by atoms with van der Waals surface area (Å²) < 4.78 is 0. The van der Waals surface area contributed by atoms with Gasteiger partial charge in [0, 0.05) is 0 Å². The third-order valence-corrected chi connectivity index (χ3v) is 1.80. The van der Waals surface area contributed by atoms with Crippen molar-refractivity contribution in [1.82, 2.24) is 11.0 Å². The number of hydrazine groups is 2. The summed E-state index contributed by atoms with van der Waals surface area (Å²) in [7, 11) is 0. The molecule has 0 unspecified atom stereocenters.